The second kappa shape index (κ2) is 7.88. The second-order valence-electron chi connectivity index (χ2n) is 4.01. The molecule has 0 bridgehead atoms. The van der Waals surface area contributed by atoms with E-state index in [0.29, 0.717) is 0 Å². The zero-order valence-corrected chi connectivity index (χ0v) is 10.9. The number of halogens is 1. The Kier molecular flexibility index (Phi) is 6.15. The fraction of sp³-hybridized carbons (Fsp3) is 0.308. The van der Waals surface area contributed by atoms with Gasteiger partial charge in [-0.2, -0.15) is 4.39 Å². The lowest BCUT2D eigenvalue weighted by molar-refractivity contribution is -0.134. The van der Waals surface area contributed by atoms with Crippen molar-refractivity contribution in [1.82, 2.24) is 10.6 Å². The lowest BCUT2D eigenvalue weighted by atomic mass is 10.2. The minimum Gasteiger partial charge on any atom is -0.445 e. The third kappa shape index (κ3) is 5.94. The van der Waals surface area contributed by atoms with Crippen molar-refractivity contribution >= 4 is 18.0 Å². The Morgan fingerprint density at radius 3 is 2.50 bits per heavy atom. The molecule has 0 fully saturated rings. The van der Waals surface area contributed by atoms with E-state index in [1.807, 2.05) is 6.07 Å². The molecular formula is C13H15FN2O4. The molecule has 20 heavy (non-hydrogen) atoms. The van der Waals surface area contributed by atoms with Gasteiger partial charge in [0.2, 0.25) is 5.91 Å². The van der Waals surface area contributed by atoms with E-state index in [4.69, 9.17) is 4.74 Å². The fourth-order valence-electron chi connectivity index (χ4n) is 1.28. The van der Waals surface area contributed by atoms with Crippen molar-refractivity contribution in [2.45, 2.75) is 19.6 Å². The minimum absolute atomic E-state index is 0.0770. The molecule has 0 spiro atoms. The SMILES string of the molecule is C[C@H](NC(=O)CNC(=O)OCc1ccccc1)C(=O)F. The van der Waals surface area contributed by atoms with Crippen molar-refractivity contribution in [2.24, 2.45) is 0 Å². The van der Waals surface area contributed by atoms with Gasteiger partial charge in [0.25, 0.3) is 0 Å². The van der Waals surface area contributed by atoms with E-state index in [-0.39, 0.29) is 6.61 Å². The Balaban J connectivity index is 2.23. The number of carbonyl (C=O) groups is 3. The number of amides is 2. The van der Waals surface area contributed by atoms with Crippen LogP contribution in [0.25, 0.3) is 0 Å². The van der Waals surface area contributed by atoms with E-state index in [1.165, 1.54) is 6.92 Å². The maximum atomic E-state index is 12.2. The summed E-state index contributed by atoms with van der Waals surface area (Å²) in [6.45, 7) is 0.882. The first-order chi connectivity index (χ1) is 9.49. The van der Waals surface area contributed by atoms with Gasteiger partial charge in [0.15, 0.2) is 0 Å². The molecule has 0 radical (unpaired) electrons. The van der Waals surface area contributed by atoms with Crippen LogP contribution < -0.4 is 10.6 Å². The van der Waals surface area contributed by atoms with E-state index in [1.54, 1.807) is 24.3 Å². The molecule has 0 aliphatic carbocycles. The summed E-state index contributed by atoms with van der Waals surface area (Å²) < 4.78 is 17.1. The quantitative estimate of drug-likeness (QED) is 0.760. The molecule has 1 aromatic rings. The average molecular weight is 282 g/mol. The van der Waals surface area contributed by atoms with Gasteiger partial charge in [-0.15, -0.1) is 0 Å². The summed E-state index contributed by atoms with van der Waals surface area (Å²) >= 11 is 0. The van der Waals surface area contributed by atoms with Crippen molar-refractivity contribution in [3.05, 3.63) is 35.9 Å². The summed E-state index contributed by atoms with van der Waals surface area (Å²) in [4.78, 5) is 32.8. The maximum Gasteiger partial charge on any atom is 0.407 e. The van der Waals surface area contributed by atoms with Crippen LogP contribution in [0.4, 0.5) is 9.18 Å². The number of ether oxygens (including phenoxy) is 1. The van der Waals surface area contributed by atoms with Crippen molar-refractivity contribution < 1.29 is 23.5 Å². The first-order valence-electron chi connectivity index (χ1n) is 5.92. The highest BCUT2D eigenvalue weighted by molar-refractivity contribution is 5.86. The van der Waals surface area contributed by atoms with Crippen LogP contribution >= 0.6 is 0 Å². The molecule has 108 valence electrons. The molecule has 0 aromatic heterocycles. The summed E-state index contributed by atoms with van der Waals surface area (Å²) in [6.07, 6.45) is -0.775. The first kappa shape index (κ1) is 15.6. The van der Waals surface area contributed by atoms with Crippen molar-refractivity contribution in [2.75, 3.05) is 6.54 Å². The average Bonchev–Trinajstić information content (AvgIpc) is 2.43. The number of carbonyl (C=O) groups excluding carboxylic acids is 3. The van der Waals surface area contributed by atoms with Crippen molar-refractivity contribution in [3.63, 3.8) is 0 Å². The van der Waals surface area contributed by atoms with Gasteiger partial charge in [-0.25, -0.2) is 4.79 Å². The molecule has 1 atom stereocenters. The minimum atomic E-state index is -1.65. The van der Waals surface area contributed by atoms with Crippen LogP contribution in [-0.4, -0.2) is 30.6 Å². The highest BCUT2D eigenvalue weighted by Gasteiger charge is 2.15. The standard InChI is InChI=1S/C13H15FN2O4/c1-9(12(14)18)16-11(17)7-15-13(19)20-8-10-5-3-2-4-6-10/h2-6,9H,7-8H2,1H3,(H,15,19)(H,16,17)/t9-/m0/s1. The molecular weight excluding hydrogens is 267 g/mol. The van der Waals surface area contributed by atoms with Gasteiger partial charge in [0.05, 0.1) is 0 Å². The maximum absolute atomic E-state index is 12.2. The lowest BCUT2D eigenvalue weighted by Gasteiger charge is -2.09. The largest absolute Gasteiger partial charge is 0.445 e. The predicted molar refractivity (Wildman–Crippen MR) is 68.3 cm³/mol. The molecule has 0 saturated heterocycles. The van der Waals surface area contributed by atoms with Crippen molar-refractivity contribution in [1.29, 1.82) is 0 Å². The highest BCUT2D eigenvalue weighted by Crippen LogP contribution is 2.00. The topological polar surface area (TPSA) is 84.5 Å². The number of hydrogen-bond acceptors (Lipinski definition) is 4. The monoisotopic (exact) mass is 282 g/mol. The molecule has 2 N–H and O–H groups in total. The summed E-state index contributed by atoms with van der Waals surface area (Å²) in [6, 6.07) is 6.14. The predicted octanol–water partition coefficient (Wildman–Crippen LogP) is 0.914. The van der Waals surface area contributed by atoms with Crippen LogP contribution in [0.15, 0.2) is 30.3 Å². The summed E-state index contributed by atoms with van der Waals surface area (Å²) in [7, 11) is 0. The number of nitrogens with one attached hydrogen (secondary N) is 2. The summed E-state index contributed by atoms with van der Waals surface area (Å²) in [5, 5.41) is 4.26. The van der Waals surface area contributed by atoms with Crippen LogP contribution in [0.1, 0.15) is 12.5 Å². The van der Waals surface area contributed by atoms with Crippen LogP contribution in [-0.2, 0) is 20.9 Å². The summed E-state index contributed by atoms with van der Waals surface area (Å²) in [5.74, 6) is -0.680. The zero-order chi connectivity index (χ0) is 15.0. The molecule has 0 saturated carbocycles. The van der Waals surface area contributed by atoms with Gasteiger partial charge < -0.3 is 15.4 Å². The molecule has 2 amide bonds. The number of alkyl carbamates (subject to hydrolysis) is 1. The van der Waals surface area contributed by atoms with Crippen molar-refractivity contribution in [3.8, 4) is 0 Å². The van der Waals surface area contributed by atoms with Crippen LogP contribution in [0.3, 0.4) is 0 Å². The molecule has 1 rings (SSSR count). The number of benzene rings is 1. The molecule has 0 unspecified atom stereocenters. The van der Waals surface area contributed by atoms with Crippen LogP contribution in [0.5, 0.6) is 0 Å². The van der Waals surface area contributed by atoms with E-state index in [2.05, 4.69) is 10.6 Å². The first-order valence-corrected chi connectivity index (χ1v) is 5.92. The zero-order valence-electron chi connectivity index (χ0n) is 10.9. The lowest BCUT2D eigenvalue weighted by Crippen LogP contribution is -2.43. The van der Waals surface area contributed by atoms with E-state index in [0.717, 1.165) is 5.56 Å². The van der Waals surface area contributed by atoms with Gasteiger partial charge in [-0.1, -0.05) is 30.3 Å². The summed E-state index contributed by atoms with van der Waals surface area (Å²) in [5.41, 5.74) is 0.809. The Labute approximate surface area is 115 Å². The Morgan fingerprint density at radius 2 is 1.90 bits per heavy atom. The number of hydrogen-bond donors (Lipinski definition) is 2. The molecule has 0 aliphatic rings. The second-order valence-corrected chi connectivity index (χ2v) is 4.01. The Hall–Kier alpha value is -2.44. The smallest absolute Gasteiger partial charge is 0.407 e. The van der Waals surface area contributed by atoms with E-state index >= 15 is 0 Å². The van der Waals surface area contributed by atoms with Gasteiger partial charge in [0, 0.05) is 0 Å². The normalized spacial score (nSPS) is 11.3. The Bertz CT molecular complexity index is 479. The van der Waals surface area contributed by atoms with E-state index in [9.17, 15) is 18.8 Å². The van der Waals surface area contributed by atoms with Crippen LogP contribution in [0.2, 0.25) is 0 Å². The fourth-order valence-corrected chi connectivity index (χ4v) is 1.28. The molecule has 6 nitrogen and oxygen atoms in total. The third-order valence-corrected chi connectivity index (χ3v) is 2.32. The molecule has 0 heterocycles. The highest BCUT2D eigenvalue weighted by atomic mass is 19.1. The van der Waals surface area contributed by atoms with Crippen LogP contribution in [0, 0.1) is 0 Å². The van der Waals surface area contributed by atoms with Gasteiger partial charge in [-0.05, 0) is 12.5 Å². The number of rotatable bonds is 6. The molecule has 1 aromatic carbocycles. The van der Waals surface area contributed by atoms with E-state index < -0.39 is 30.6 Å². The molecule has 7 heteroatoms. The Morgan fingerprint density at radius 1 is 1.25 bits per heavy atom. The van der Waals surface area contributed by atoms with Gasteiger partial charge in [-0.3, -0.25) is 9.59 Å². The molecule has 0 aliphatic heterocycles. The third-order valence-electron chi connectivity index (χ3n) is 2.32. The van der Waals surface area contributed by atoms with Gasteiger partial charge >= 0.3 is 12.1 Å². The van der Waals surface area contributed by atoms with Gasteiger partial charge in [0.1, 0.15) is 19.2 Å².